The first kappa shape index (κ1) is 16.7. The molecule has 4 nitrogen and oxygen atoms in total. The van der Waals surface area contributed by atoms with Crippen LogP contribution in [-0.4, -0.2) is 11.9 Å². The molecule has 2 rings (SSSR count). The topological polar surface area (TPSA) is 81.5 Å². The zero-order valence-corrected chi connectivity index (χ0v) is 13.6. The highest BCUT2D eigenvalue weighted by Gasteiger charge is 2.21. The van der Waals surface area contributed by atoms with Crippen molar-refractivity contribution in [1.29, 1.82) is 0 Å². The van der Waals surface area contributed by atoms with Crippen molar-refractivity contribution in [2.45, 2.75) is 32.1 Å². The van der Waals surface area contributed by atoms with Gasteiger partial charge in [0.1, 0.15) is 0 Å². The standard InChI is InChI=1S/C19H23N3O/c1-13(2)15-10-8-14(9-11-15)12-17(18(23)22-19(20)21)16-6-4-3-5-7-16/h3-11,13,17H,12H2,1-2H3,(H4,20,21,22,23)/t17-/m1/s1. The Hall–Kier alpha value is -2.62. The largest absolute Gasteiger partial charge is 0.370 e. The van der Waals surface area contributed by atoms with Crippen molar-refractivity contribution in [2.24, 2.45) is 16.5 Å². The summed E-state index contributed by atoms with van der Waals surface area (Å²) in [6, 6.07) is 17.9. The van der Waals surface area contributed by atoms with Gasteiger partial charge in [0.15, 0.2) is 5.96 Å². The monoisotopic (exact) mass is 309 g/mol. The number of carbonyl (C=O) groups excluding carboxylic acids is 1. The summed E-state index contributed by atoms with van der Waals surface area (Å²) < 4.78 is 0. The Morgan fingerprint density at radius 3 is 2.09 bits per heavy atom. The Morgan fingerprint density at radius 1 is 0.957 bits per heavy atom. The lowest BCUT2D eigenvalue weighted by Crippen LogP contribution is -2.26. The summed E-state index contributed by atoms with van der Waals surface area (Å²) in [7, 11) is 0. The molecule has 0 spiro atoms. The van der Waals surface area contributed by atoms with Gasteiger partial charge in [0.2, 0.25) is 0 Å². The van der Waals surface area contributed by atoms with Gasteiger partial charge in [-0.05, 0) is 29.0 Å². The van der Waals surface area contributed by atoms with Crippen molar-refractivity contribution in [1.82, 2.24) is 0 Å². The Balaban J connectivity index is 2.27. The second-order valence-electron chi connectivity index (χ2n) is 5.94. The Bertz CT molecular complexity index is 672. The van der Waals surface area contributed by atoms with Crippen LogP contribution in [0.2, 0.25) is 0 Å². The zero-order chi connectivity index (χ0) is 16.8. The first-order chi connectivity index (χ1) is 11.0. The highest BCUT2D eigenvalue weighted by molar-refractivity contribution is 5.95. The fourth-order valence-electron chi connectivity index (χ4n) is 2.51. The predicted molar refractivity (Wildman–Crippen MR) is 94.2 cm³/mol. The molecular formula is C19H23N3O. The van der Waals surface area contributed by atoms with Crippen molar-refractivity contribution in [3.63, 3.8) is 0 Å². The summed E-state index contributed by atoms with van der Waals surface area (Å²) in [5.41, 5.74) is 14.0. The van der Waals surface area contributed by atoms with Crippen molar-refractivity contribution in [3.8, 4) is 0 Å². The smallest absolute Gasteiger partial charge is 0.256 e. The van der Waals surface area contributed by atoms with E-state index in [0.717, 1.165) is 11.1 Å². The molecule has 4 N–H and O–H groups in total. The van der Waals surface area contributed by atoms with E-state index < -0.39 is 0 Å². The van der Waals surface area contributed by atoms with E-state index in [1.54, 1.807) is 0 Å². The number of rotatable bonds is 5. The van der Waals surface area contributed by atoms with Crippen LogP contribution in [0, 0.1) is 0 Å². The van der Waals surface area contributed by atoms with E-state index in [2.05, 4.69) is 43.1 Å². The van der Waals surface area contributed by atoms with E-state index in [-0.39, 0.29) is 17.8 Å². The molecule has 120 valence electrons. The molecule has 1 atom stereocenters. The van der Waals surface area contributed by atoms with Gasteiger partial charge in [0, 0.05) is 0 Å². The summed E-state index contributed by atoms with van der Waals surface area (Å²) in [4.78, 5) is 16.1. The van der Waals surface area contributed by atoms with E-state index in [4.69, 9.17) is 11.5 Å². The summed E-state index contributed by atoms with van der Waals surface area (Å²) in [5.74, 6) is -0.421. The minimum absolute atomic E-state index is 0.203. The fraction of sp³-hybridized carbons (Fsp3) is 0.263. The molecule has 0 radical (unpaired) electrons. The van der Waals surface area contributed by atoms with E-state index >= 15 is 0 Å². The second kappa shape index (κ2) is 7.58. The number of aliphatic imine (C=N–C) groups is 1. The van der Waals surface area contributed by atoms with Gasteiger partial charge in [-0.3, -0.25) is 4.79 Å². The number of nitrogens with zero attached hydrogens (tertiary/aromatic N) is 1. The molecule has 0 saturated carbocycles. The van der Waals surface area contributed by atoms with Crippen LogP contribution in [0.15, 0.2) is 59.6 Å². The molecule has 0 aliphatic rings. The number of hydrogen-bond acceptors (Lipinski definition) is 1. The van der Waals surface area contributed by atoms with Crippen LogP contribution in [0.1, 0.15) is 42.4 Å². The number of amides is 1. The molecule has 0 unspecified atom stereocenters. The number of nitrogens with two attached hydrogens (primary N) is 2. The van der Waals surface area contributed by atoms with Crippen LogP contribution in [0.5, 0.6) is 0 Å². The van der Waals surface area contributed by atoms with E-state index in [9.17, 15) is 4.79 Å². The summed E-state index contributed by atoms with van der Waals surface area (Å²) in [5, 5.41) is 0. The normalized spacial score (nSPS) is 12.0. The molecule has 23 heavy (non-hydrogen) atoms. The third-order valence-corrected chi connectivity index (χ3v) is 3.83. The molecule has 0 heterocycles. The van der Waals surface area contributed by atoms with Gasteiger partial charge in [-0.1, -0.05) is 68.4 Å². The number of guanidine groups is 1. The maximum atomic E-state index is 12.4. The molecule has 2 aromatic rings. The molecule has 0 aromatic heterocycles. The van der Waals surface area contributed by atoms with E-state index in [1.807, 2.05) is 30.3 Å². The highest BCUT2D eigenvalue weighted by atomic mass is 16.1. The maximum absolute atomic E-state index is 12.4. The van der Waals surface area contributed by atoms with Gasteiger partial charge in [0.05, 0.1) is 5.92 Å². The molecule has 0 fully saturated rings. The molecule has 0 aliphatic heterocycles. The third-order valence-electron chi connectivity index (χ3n) is 3.83. The minimum atomic E-state index is -0.386. The Morgan fingerprint density at radius 2 is 1.57 bits per heavy atom. The average molecular weight is 309 g/mol. The number of carbonyl (C=O) groups is 1. The highest BCUT2D eigenvalue weighted by Crippen LogP contribution is 2.24. The fourth-order valence-corrected chi connectivity index (χ4v) is 2.51. The SMILES string of the molecule is CC(C)c1ccc(C[C@@H](C(=O)N=C(N)N)c2ccccc2)cc1. The van der Waals surface area contributed by atoms with Gasteiger partial charge < -0.3 is 11.5 Å². The van der Waals surface area contributed by atoms with Gasteiger partial charge in [0.25, 0.3) is 5.91 Å². The lowest BCUT2D eigenvalue weighted by Gasteiger charge is -2.15. The minimum Gasteiger partial charge on any atom is -0.370 e. The molecule has 2 aromatic carbocycles. The summed E-state index contributed by atoms with van der Waals surface area (Å²) in [6.07, 6.45) is 0.567. The van der Waals surface area contributed by atoms with Gasteiger partial charge in [-0.2, -0.15) is 4.99 Å². The maximum Gasteiger partial charge on any atom is 0.256 e. The van der Waals surface area contributed by atoms with E-state index in [0.29, 0.717) is 12.3 Å². The quantitative estimate of drug-likeness (QED) is 0.658. The summed E-state index contributed by atoms with van der Waals surface area (Å²) >= 11 is 0. The first-order valence-corrected chi connectivity index (χ1v) is 7.74. The molecule has 1 amide bonds. The number of hydrogen-bond donors (Lipinski definition) is 2. The zero-order valence-electron chi connectivity index (χ0n) is 13.6. The van der Waals surface area contributed by atoms with Crippen molar-refractivity contribution in [2.75, 3.05) is 0 Å². The second-order valence-corrected chi connectivity index (χ2v) is 5.94. The lowest BCUT2D eigenvalue weighted by molar-refractivity contribution is -0.119. The lowest BCUT2D eigenvalue weighted by atomic mass is 9.90. The van der Waals surface area contributed by atoms with Crippen molar-refractivity contribution >= 4 is 11.9 Å². The number of benzene rings is 2. The van der Waals surface area contributed by atoms with Crippen LogP contribution in [0.3, 0.4) is 0 Å². The summed E-state index contributed by atoms with van der Waals surface area (Å²) in [6.45, 7) is 4.31. The Kier molecular flexibility index (Phi) is 5.52. The van der Waals surface area contributed by atoms with E-state index in [1.165, 1.54) is 5.56 Å². The van der Waals surface area contributed by atoms with Gasteiger partial charge in [-0.15, -0.1) is 0 Å². The van der Waals surface area contributed by atoms with Crippen LogP contribution >= 0.6 is 0 Å². The molecule has 0 aliphatic carbocycles. The molecule has 0 saturated heterocycles. The van der Waals surface area contributed by atoms with Crippen LogP contribution < -0.4 is 11.5 Å². The van der Waals surface area contributed by atoms with Crippen molar-refractivity contribution in [3.05, 3.63) is 71.3 Å². The Labute approximate surface area is 137 Å². The molecule has 0 bridgehead atoms. The third kappa shape index (κ3) is 4.68. The molecular weight excluding hydrogens is 286 g/mol. The van der Waals surface area contributed by atoms with Crippen LogP contribution in [-0.2, 0) is 11.2 Å². The van der Waals surface area contributed by atoms with Crippen LogP contribution in [0.25, 0.3) is 0 Å². The van der Waals surface area contributed by atoms with Gasteiger partial charge >= 0.3 is 0 Å². The molecule has 4 heteroatoms. The average Bonchev–Trinajstić information content (AvgIpc) is 2.53. The first-order valence-electron chi connectivity index (χ1n) is 7.74. The predicted octanol–water partition coefficient (Wildman–Crippen LogP) is 2.94. The van der Waals surface area contributed by atoms with Crippen LogP contribution in [0.4, 0.5) is 0 Å². The van der Waals surface area contributed by atoms with Gasteiger partial charge in [-0.25, -0.2) is 0 Å². The van der Waals surface area contributed by atoms with Crippen molar-refractivity contribution < 1.29 is 4.79 Å².